The standard InChI is InChI=1S/C34H42BN3O4/c1-22-24(20-38-17-15-36-16-18-38)19-30(35-41-33(3,4)34(5,6)42-35)23(2)31(22)37-32(39)40-21-29-27-13-9-7-11-25(27)26-12-8-10-14-28(26)29/h7-14,19,29,36H,15-18,20-21H2,1-6H3,(H,37,39). The van der Waals surface area contributed by atoms with Crippen molar-refractivity contribution in [1.82, 2.24) is 10.2 Å². The molecule has 0 unspecified atom stereocenters. The molecule has 7 nitrogen and oxygen atoms in total. The lowest BCUT2D eigenvalue weighted by atomic mass is 9.74. The molecule has 2 aliphatic heterocycles. The maximum absolute atomic E-state index is 13.4. The van der Waals surface area contributed by atoms with Crippen molar-refractivity contribution < 1.29 is 18.8 Å². The number of nitrogens with zero attached hydrogens (tertiary/aromatic N) is 1. The van der Waals surface area contributed by atoms with Gasteiger partial charge in [0.2, 0.25) is 0 Å². The minimum Gasteiger partial charge on any atom is -0.448 e. The molecule has 0 spiro atoms. The van der Waals surface area contributed by atoms with Gasteiger partial charge >= 0.3 is 13.2 Å². The van der Waals surface area contributed by atoms with Crippen molar-refractivity contribution in [3.8, 4) is 11.1 Å². The number of carbonyl (C=O) groups excluding carboxylic acids is 1. The predicted octanol–water partition coefficient (Wildman–Crippen LogP) is 5.37. The van der Waals surface area contributed by atoms with E-state index < -0.39 is 24.4 Å². The summed E-state index contributed by atoms with van der Waals surface area (Å²) in [6.07, 6.45) is -0.456. The van der Waals surface area contributed by atoms with Crippen molar-refractivity contribution in [3.05, 3.63) is 82.4 Å². The van der Waals surface area contributed by atoms with E-state index in [1.807, 2.05) is 19.1 Å². The minimum absolute atomic E-state index is 0.00435. The fourth-order valence-electron chi connectivity index (χ4n) is 6.40. The molecular weight excluding hydrogens is 525 g/mol. The number of benzene rings is 3. The third kappa shape index (κ3) is 5.26. The van der Waals surface area contributed by atoms with E-state index in [4.69, 9.17) is 14.0 Å². The van der Waals surface area contributed by atoms with E-state index in [1.165, 1.54) is 22.3 Å². The second-order valence-electron chi connectivity index (χ2n) is 12.8. The molecule has 2 fully saturated rings. The van der Waals surface area contributed by atoms with Crippen molar-refractivity contribution in [2.24, 2.45) is 0 Å². The number of carbonyl (C=O) groups is 1. The van der Waals surface area contributed by atoms with E-state index in [0.29, 0.717) is 0 Å². The van der Waals surface area contributed by atoms with Crippen LogP contribution in [0.5, 0.6) is 0 Å². The van der Waals surface area contributed by atoms with E-state index in [2.05, 4.69) is 92.6 Å². The summed E-state index contributed by atoms with van der Waals surface area (Å²) >= 11 is 0. The van der Waals surface area contributed by atoms with Gasteiger partial charge in [-0.05, 0) is 85.9 Å². The Hall–Kier alpha value is -3.17. The summed E-state index contributed by atoms with van der Waals surface area (Å²) in [7, 11) is -0.527. The van der Waals surface area contributed by atoms with Gasteiger partial charge in [0.15, 0.2) is 0 Å². The zero-order valence-corrected chi connectivity index (χ0v) is 25.7. The quantitative estimate of drug-likeness (QED) is 0.391. The Balaban J connectivity index is 1.27. The summed E-state index contributed by atoms with van der Waals surface area (Å²) in [6, 6.07) is 19.0. The van der Waals surface area contributed by atoms with Crippen LogP contribution in [0, 0.1) is 13.8 Å². The largest absolute Gasteiger partial charge is 0.495 e. The van der Waals surface area contributed by atoms with Crippen LogP contribution in [0.15, 0.2) is 54.6 Å². The van der Waals surface area contributed by atoms with Crippen LogP contribution in [0.3, 0.4) is 0 Å². The van der Waals surface area contributed by atoms with Gasteiger partial charge in [-0.3, -0.25) is 10.2 Å². The van der Waals surface area contributed by atoms with Gasteiger partial charge in [-0.25, -0.2) is 4.79 Å². The van der Waals surface area contributed by atoms with Crippen molar-refractivity contribution in [1.29, 1.82) is 0 Å². The maximum Gasteiger partial charge on any atom is 0.495 e. The lowest BCUT2D eigenvalue weighted by molar-refractivity contribution is 0.00578. The van der Waals surface area contributed by atoms with Crippen molar-refractivity contribution in [3.63, 3.8) is 0 Å². The van der Waals surface area contributed by atoms with E-state index in [0.717, 1.165) is 60.6 Å². The van der Waals surface area contributed by atoms with Gasteiger partial charge in [-0.1, -0.05) is 54.6 Å². The second kappa shape index (κ2) is 11.2. The highest BCUT2D eigenvalue weighted by Crippen LogP contribution is 2.44. The number of nitrogens with one attached hydrogen (secondary N) is 2. The van der Waals surface area contributed by atoms with Crippen LogP contribution in [-0.2, 0) is 20.6 Å². The third-order valence-corrected chi connectivity index (χ3v) is 9.68. The molecule has 0 aromatic heterocycles. The monoisotopic (exact) mass is 567 g/mol. The molecule has 0 radical (unpaired) electrons. The molecule has 42 heavy (non-hydrogen) atoms. The van der Waals surface area contributed by atoms with E-state index in [9.17, 15) is 4.79 Å². The van der Waals surface area contributed by atoms with Crippen LogP contribution in [0.2, 0.25) is 0 Å². The number of amides is 1. The van der Waals surface area contributed by atoms with Crippen LogP contribution >= 0.6 is 0 Å². The van der Waals surface area contributed by atoms with Crippen LogP contribution in [0.4, 0.5) is 10.5 Å². The first-order chi connectivity index (χ1) is 20.1. The topological polar surface area (TPSA) is 72.1 Å². The summed E-state index contributed by atoms with van der Waals surface area (Å²) in [4.78, 5) is 15.9. The molecule has 0 bridgehead atoms. The van der Waals surface area contributed by atoms with E-state index in [-0.39, 0.29) is 12.5 Å². The maximum atomic E-state index is 13.4. The van der Waals surface area contributed by atoms with E-state index in [1.54, 1.807) is 0 Å². The van der Waals surface area contributed by atoms with Gasteiger partial charge < -0.3 is 19.4 Å². The van der Waals surface area contributed by atoms with Crippen LogP contribution in [-0.4, -0.2) is 62.1 Å². The summed E-state index contributed by atoms with van der Waals surface area (Å²) in [5.41, 5.74) is 8.72. The summed E-state index contributed by atoms with van der Waals surface area (Å²) in [5.74, 6) is 0.00435. The first-order valence-corrected chi connectivity index (χ1v) is 15.1. The number of hydrogen-bond acceptors (Lipinski definition) is 6. The van der Waals surface area contributed by atoms with Crippen molar-refractivity contribution >= 4 is 24.4 Å². The van der Waals surface area contributed by atoms with Gasteiger partial charge in [0.1, 0.15) is 6.61 Å². The fraction of sp³-hybridized carbons (Fsp3) is 0.441. The molecule has 0 atom stereocenters. The zero-order chi connectivity index (χ0) is 29.6. The number of fused-ring (bicyclic) bond motifs is 3. The van der Waals surface area contributed by atoms with Crippen LogP contribution in [0.1, 0.15) is 61.4 Å². The molecule has 3 aliphatic rings. The Morgan fingerprint density at radius 3 is 2.12 bits per heavy atom. The Bertz CT molecular complexity index is 1440. The predicted molar refractivity (Wildman–Crippen MR) is 168 cm³/mol. The number of anilines is 1. The number of hydrogen-bond donors (Lipinski definition) is 2. The van der Waals surface area contributed by atoms with Gasteiger partial charge in [0.05, 0.1) is 11.2 Å². The molecule has 8 heteroatoms. The molecule has 2 saturated heterocycles. The smallest absolute Gasteiger partial charge is 0.448 e. The number of ether oxygens (including phenoxy) is 1. The molecule has 6 rings (SSSR count). The summed E-state index contributed by atoms with van der Waals surface area (Å²) < 4.78 is 18.9. The SMILES string of the molecule is Cc1c(CN2CCNCC2)cc(B2OC(C)(C)C(C)(C)O2)c(C)c1NC(=O)OCC1c2ccccc2-c2ccccc21. The van der Waals surface area contributed by atoms with Gasteiger partial charge in [-0.15, -0.1) is 0 Å². The van der Waals surface area contributed by atoms with Crippen LogP contribution in [0.25, 0.3) is 11.1 Å². The average molecular weight is 568 g/mol. The average Bonchev–Trinajstić information content (AvgIpc) is 3.40. The summed E-state index contributed by atoms with van der Waals surface area (Å²) in [6.45, 7) is 17.3. The molecule has 2 heterocycles. The Morgan fingerprint density at radius 2 is 1.52 bits per heavy atom. The summed E-state index contributed by atoms with van der Waals surface area (Å²) in [5, 5.41) is 6.56. The number of piperazine rings is 1. The molecule has 1 amide bonds. The van der Waals surface area contributed by atoms with Crippen molar-refractivity contribution in [2.45, 2.75) is 65.2 Å². The Labute approximate surface area is 250 Å². The fourth-order valence-corrected chi connectivity index (χ4v) is 6.40. The van der Waals surface area contributed by atoms with E-state index >= 15 is 0 Å². The molecule has 3 aromatic carbocycles. The molecule has 220 valence electrons. The molecule has 2 N–H and O–H groups in total. The first-order valence-electron chi connectivity index (χ1n) is 15.1. The lowest BCUT2D eigenvalue weighted by Crippen LogP contribution is -2.43. The number of rotatable bonds is 6. The lowest BCUT2D eigenvalue weighted by Gasteiger charge is -2.32. The minimum atomic E-state index is -0.527. The highest BCUT2D eigenvalue weighted by Gasteiger charge is 2.52. The molecule has 0 saturated carbocycles. The van der Waals surface area contributed by atoms with Crippen LogP contribution < -0.4 is 16.1 Å². The second-order valence-corrected chi connectivity index (χ2v) is 12.8. The Morgan fingerprint density at radius 1 is 0.952 bits per heavy atom. The normalized spacial score (nSPS) is 19.4. The molecule has 1 aliphatic carbocycles. The highest BCUT2D eigenvalue weighted by atomic mass is 16.7. The molecular formula is C34H42BN3O4. The van der Waals surface area contributed by atoms with Crippen molar-refractivity contribution in [2.75, 3.05) is 38.1 Å². The third-order valence-electron chi connectivity index (χ3n) is 9.68. The van der Waals surface area contributed by atoms with Gasteiger partial charge in [0, 0.05) is 44.3 Å². The highest BCUT2D eigenvalue weighted by molar-refractivity contribution is 6.63. The Kier molecular flexibility index (Phi) is 7.68. The van der Waals surface area contributed by atoms with Gasteiger partial charge in [-0.2, -0.15) is 0 Å². The first kappa shape index (κ1) is 28.9. The van der Waals surface area contributed by atoms with Gasteiger partial charge in [0.25, 0.3) is 0 Å². The zero-order valence-electron chi connectivity index (χ0n) is 25.7. The molecule has 3 aromatic rings.